The lowest BCUT2D eigenvalue weighted by Gasteiger charge is -2.06. The highest BCUT2D eigenvalue weighted by Crippen LogP contribution is 2.27. The average Bonchev–Trinajstić information content (AvgIpc) is 2.85. The number of anilines is 1. The monoisotopic (exact) mass is 315 g/mol. The zero-order chi connectivity index (χ0) is 16.6. The highest BCUT2D eigenvalue weighted by molar-refractivity contribution is 5.96. The summed E-state index contributed by atoms with van der Waals surface area (Å²) in [6, 6.07) is 7.19. The zero-order valence-corrected chi connectivity index (χ0v) is 12.7. The Balaban J connectivity index is 1.81. The summed E-state index contributed by atoms with van der Waals surface area (Å²) in [4.78, 5) is 12.1. The van der Waals surface area contributed by atoms with E-state index in [1.54, 1.807) is 6.26 Å². The number of hydrogen-bond acceptors (Lipinski definition) is 2. The molecule has 0 unspecified atom stereocenters. The Morgan fingerprint density at radius 1 is 1.13 bits per heavy atom. The molecular weight excluding hydrogens is 300 g/mol. The van der Waals surface area contributed by atoms with Crippen molar-refractivity contribution in [3.63, 3.8) is 0 Å². The van der Waals surface area contributed by atoms with Crippen molar-refractivity contribution in [2.75, 3.05) is 5.32 Å². The molecule has 118 valence electrons. The summed E-state index contributed by atoms with van der Waals surface area (Å²) in [6.07, 6.45) is 1.65. The smallest absolute Gasteiger partial charge is 0.228 e. The topological polar surface area (TPSA) is 42.2 Å². The van der Waals surface area contributed by atoms with E-state index in [1.165, 1.54) is 6.07 Å². The number of rotatable bonds is 3. The number of carbonyl (C=O) groups is 1. The lowest BCUT2D eigenvalue weighted by Crippen LogP contribution is -2.14. The zero-order valence-electron chi connectivity index (χ0n) is 12.7. The highest BCUT2D eigenvalue weighted by atomic mass is 19.2. The first kappa shape index (κ1) is 15.2. The molecule has 0 atom stereocenters. The van der Waals surface area contributed by atoms with Gasteiger partial charge in [-0.3, -0.25) is 4.79 Å². The minimum Gasteiger partial charge on any atom is -0.464 e. The summed E-state index contributed by atoms with van der Waals surface area (Å²) < 4.78 is 31.6. The molecular formula is C18H15F2NO2. The van der Waals surface area contributed by atoms with Crippen molar-refractivity contribution >= 4 is 22.6 Å². The number of nitrogens with one attached hydrogen (secondary N) is 1. The minimum absolute atomic E-state index is 0.0932. The van der Waals surface area contributed by atoms with Crippen LogP contribution in [0.2, 0.25) is 0 Å². The molecule has 3 rings (SSSR count). The van der Waals surface area contributed by atoms with Crippen LogP contribution in [0.3, 0.4) is 0 Å². The van der Waals surface area contributed by atoms with Gasteiger partial charge >= 0.3 is 0 Å². The summed E-state index contributed by atoms with van der Waals surface area (Å²) >= 11 is 0. The SMILES string of the molecule is Cc1cc(C)c2c(CC(=O)Nc3ccc(F)c(F)c3)coc2c1. The third-order valence-electron chi connectivity index (χ3n) is 3.65. The average molecular weight is 315 g/mol. The predicted molar refractivity (Wildman–Crippen MR) is 84.4 cm³/mol. The van der Waals surface area contributed by atoms with Crippen LogP contribution in [0.5, 0.6) is 0 Å². The van der Waals surface area contributed by atoms with Gasteiger partial charge in [-0.25, -0.2) is 8.78 Å². The van der Waals surface area contributed by atoms with Crippen LogP contribution >= 0.6 is 0 Å². The second-order valence-electron chi connectivity index (χ2n) is 5.57. The Labute approximate surface area is 131 Å². The van der Waals surface area contributed by atoms with Gasteiger partial charge in [-0.05, 0) is 43.2 Å². The molecule has 1 amide bonds. The van der Waals surface area contributed by atoms with Gasteiger partial charge in [-0.1, -0.05) is 6.07 Å². The van der Waals surface area contributed by atoms with Crippen LogP contribution in [0.15, 0.2) is 41.0 Å². The second-order valence-corrected chi connectivity index (χ2v) is 5.57. The Bertz CT molecular complexity index is 899. The minimum atomic E-state index is -0.997. The van der Waals surface area contributed by atoms with Crippen molar-refractivity contribution < 1.29 is 18.0 Å². The van der Waals surface area contributed by atoms with E-state index >= 15 is 0 Å². The number of amides is 1. The maximum Gasteiger partial charge on any atom is 0.228 e. The number of furan rings is 1. The van der Waals surface area contributed by atoms with E-state index in [2.05, 4.69) is 5.32 Å². The van der Waals surface area contributed by atoms with E-state index in [0.29, 0.717) is 0 Å². The van der Waals surface area contributed by atoms with Crippen molar-refractivity contribution in [2.45, 2.75) is 20.3 Å². The fourth-order valence-electron chi connectivity index (χ4n) is 2.71. The summed E-state index contributed by atoms with van der Waals surface area (Å²) in [5.41, 5.74) is 3.83. The van der Waals surface area contributed by atoms with Gasteiger partial charge < -0.3 is 9.73 Å². The van der Waals surface area contributed by atoms with E-state index in [0.717, 1.165) is 39.8 Å². The van der Waals surface area contributed by atoms with Crippen LogP contribution in [0.4, 0.5) is 14.5 Å². The summed E-state index contributed by atoms with van der Waals surface area (Å²) in [6.45, 7) is 3.94. The van der Waals surface area contributed by atoms with Gasteiger partial charge in [0.1, 0.15) is 5.58 Å². The fraction of sp³-hybridized carbons (Fsp3) is 0.167. The first-order valence-corrected chi connectivity index (χ1v) is 7.16. The Morgan fingerprint density at radius 3 is 2.65 bits per heavy atom. The van der Waals surface area contributed by atoms with Crippen LogP contribution < -0.4 is 5.32 Å². The number of fused-ring (bicyclic) bond motifs is 1. The molecule has 0 aliphatic rings. The van der Waals surface area contributed by atoms with Gasteiger partial charge in [-0.2, -0.15) is 0 Å². The first-order chi connectivity index (χ1) is 10.9. The molecule has 3 aromatic rings. The number of hydrogen-bond donors (Lipinski definition) is 1. The molecule has 1 heterocycles. The molecule has 0 aliphatic heterocycles. The van der Waals surface area contributed by atoms with Crippen LogP contribution in [0.25, 0.3) is 11.0 Å². The van der Waals surface area contributed by atoms with E-state index in [-0.39, 0.29) is 18.0 Å². The van der Waals surface area contributed by atoms with Crippen molar-refractivity contribution in [1.82, 2.24) is 0 Å². The van der Waals surface area contributed by atoms with Gasteiger partial charge in [0.05, 0.1) is 12.7 Å². The standard InChI is InChI=1S/C18H15F2NO2/c1-10-5-11(2)18-12(9-23-16(18)6-10)7-17(22)21-13-3-4-14(19)15(20)8-13/h3-6,8-9H,7H2,1-2H3,(H,21,22). The molecule has 0 bridgehead atoms. The summed E-state index contributed by atoms with van der Waals surface area (Å²) in [5, 5.41) is 3.47. The third kappa shape index (κ3) is 3.08. The molecule has 1 N–H and O–H groups in total. The predicted octanol–water partition coefficient (Wildman–Crippen LogP) is 4.51. The van der Waals surface area contributed by atoms with E-state index in [1.807, 2.05) is 26.0 Å². The molecule has 0 spiro atoms. The summed E-state index contributed by atoms with van der Waals surface area (Å²) in [7, 11) is 0. The maximum absolute atomic E-state index is 13.2. The maximum atomic E-state index is 13.2. The molecule has 5 heteroatoms. The lowest BCUT2D eigenvalue weighted by atomic mass is 10.0. The van der Waals surface area contributed by atoms with Gasteiger partial charge in [0.15, 0.2) is 11.6 Å². The van der Waals surface area contributed by atoms with Crippen LogP contribution in [-0.4, -0.2) is 5.91 Å². The van der Waals surface area contributed by atoms with Crippen LogP contribution in [-0.2, 0) is 11.2 Å². The van der Waals surface area contributed by atoms with Gasteiger partial charge in [-0.15, -0.1) is 0 Å². The number of carbonyl (C=O) groups excluding carboxylic acids is 1. The third-order valence-corrected chi connectivity index (χ3v) is 3.65. The Kier molecular flexibility index (Phi) is 3.86. The Hall–Kier alpha value is -2.69. The number of benzene rings is 2. The van der Waals surface area contributed by atoms with Crippen molar-refractivity contribution in [3.8, 4) is 0 Å². The number of halogens is 2. The van der Waals surface area contributed by atoms with Crippen LogP contribution in [0, 0.1) is 25.5 Å². The van der Waals surface area contributed by atoms with Crippen molar-refractivity contribution in [2.24, 2.45) is 0 Å². The quantitative estimate of drug-likeness (QED) is 0.772. The molecule has 1 aromatic heterocycles. The van der Waals surface area contributed by atoms with Gasteiger partial charge in [0, 0.05) is 22.7 Å². The van der Waals surface area contributed by atoms with E-state index in [4.69, 9.17) is 4.42 Å². The van der Waals surface area contributed by atoms with Crippen molar-refractivity contribution in [3.05, 3.63) is 64.9 Å². The molecule has 0 fully saturated rings. The first-order valence-electron chi connectivity index (χ1n) is 7.16. The molecule has 0 aliphatic carbocycles. The number of aryl methyl sites for hydroxylation is 2. The normalized spacial score (nSPS) is 11.0. The molecule has 0 saturated carbocycles. The second kappa shape index (κ2) is 5.83. The molecule has 23 heavy (non-hydrogen) atoms. The lowest BCUT2D eigenvalue weighted by molar-refractivity contribution is -0.115. The molecule has 3 nitrogen and oxygen atoms in total. The van der Waals surface area contributed by atoms with E-state index < -0.39 is 11.6 Å². The Morgan fingerprint density at radius 2 is 1.91 bits per heavy atom. The van der Waals surface area contributed by atoms with Gasteiger partial charge in [0.2, 0.25) is 5.91 Å². The van der Waals surface area contributed by atoms with Crippen molar-refractivity contribution in [1.29, 1.82) is 0 Å². The van der Waals surface area contributed by atoms with E-state index in [9.17, 15) is 13.6 Å². The molecule has 2 aromatic carbocycles. The van der Waals surface area contributed by atoms with Crippen LogP contribution in [0.1, 0.15) is 16.7 Å². The molecule has 0 saturated heterocycles. The largest absolute Gasteiger partial charge is 0.464 e. The summed E-state index contributed by atoms with van der Waals surface area (Å²) in [5.74, 6) is -2.27. The highest BCUT2D eigenvalue weighted by Gasteiger charge is 2.13. The fourth-order valence-corrected chi connectivity index (χ4v) is 2.71. The molecule has 0 radical (unpaired) electrons. The van der Waals surface area contributed by atoms with Gasteiger partial charge in [0.25, 0.3) is 0 Å².